The molecule has 1 amide bonds. The van der Waals surface area contributed by atoms with E-state index in [1.165, 1.54) is 4.70 Å². The van der Waals surface area contributed by atoms with E-state index in [4.69, 9.17) is 9.72 Å². The SMILES string of the molecule is COc1cccc(NC(=O)C[NH+](C)[C@@H](C)c2nc3ccccc3s2)c1. The number of hydrogen-bond acceptors (Lipinski definition) is 4. The highest BCUT2D eigenvalue weighted by molar-refractivity contribution is 7.18. The van der Waals surface area contributed by atoms with Crippen LogP contribution in [0.2, 0.25) is 0 Å². The molecular formula is C19H22N3O2S+. The number of para-hydroxylation sites is 1. The van der Waals surface area contributed by atoms with Gasteiger partial charge < -0.3 is 15.0 Å². The lowest BCUT2D eigenvalue weighted by Crippen LogP contribution is -3.10. The number of amides is 1. The van der Waals surface area contributed by atoms with Gasteiger partial charge in [-0.05, 0) is 31.2 Å². The smallest absolute Gasteiger partial charge is 0.279 e. The van der Waals surface area contributed by atoms with E-state index in [1.807, 2.05) is 49.5 Å². The van der Waals surface area contributed by atoms with Crippen molar-refractivity contribution < 1.29 is 14.4 Å². The van der Waals surface area contributed by atoms with Gasteiger partial charge in [-0.15, -0.1) is 11.3 Å². The third-order valence-electron chi connectivity index (χ3n) is 4.21. The number of thiazole rings is 1. The topological polar surface area (TPSA) is 55.7 Å². The first kappa shape index (κ1) is 17.4. The molecule has 2 aromatic carbocycles. The van der Waals surface area contributed by atoms with Crippen LogP contribution in [0.4, 0.5) is 5.69 Å². The highest BCUT2D eigenvalue weighted by atomic mass is 32.1. The second-order valence-corrected chi connectivity index (χ2v) is 7.11. The van der Waals surface area contributed by atoms with Gasteiger partial charge in [-0.1, -0.05) is 18.2 Å². The number of ether oxygens (including phenoxy) is 1. The first-order valence-corrected chi connectivity index (χ1v) is 9.00. The van der Waals surface area contributed by atoms with Crippen LogP contribution in [-0.4, -0.2) is 31.6 Å². The predicted octanol–water partition coefficient (Wildman–Crippen LogP) is 2.52. The third kappa shape index (κ3) is 4.15. The Morgan fingerprint density at radius 3 is 2.84 bits per heavy atom. The Labute approximate surface area is 151 Å². The summed E-state index contributed by atoms with van der Waals surface area (Å²) < 4.78 is 6.36. The van der Waals surface area contributed by atoms with E-state index >= 15 is 0 Å². The zero-order chi connectivity index (χ0) is 17.8. The van der Waals surface area contributed by atoms with Crippen molar-refractivity contribution in [2.45, 2.75) is 13.0 Å². The van der Waals surface area contributed by atoms with Gasteiger partial charge in [0.2, 0.25) is 0 Å². The van der Waals surface area contributed by atoms with Crippen molar-refractivity contribution in [3.05, 3.63) is 53.5 Å². The van der Waals surface area contributed by atoms with Crippen LogP contribution in [-0.2, 0) is 4.79 Å². The van der Waals surface area contributed by atoms with E-state index in [0.717, 1.165) is 26.9 Å². The molecular weight excluding hydrogens is 334 g/mol. The van der Waals surface area contributed by atoms with E-state index in [0.29, 0.717) is 6.54 Å². The number of methoxy groups -OCH3 is 1. The Morgan fingerprint density at radius 1 is 1.28 bits per heavy atom. The molecule has 3 rings (SSSR count). The molecule has 0 bridgehead atoms. The molecule has 2 atom stereocenters. The van der Waals surface area contributed by atoms with E-state index in [1.54, 1.807) is 18.4 Å². The summed E-state index contributed by atoms with van der Waals surface area (Å²) in [4.78, 5) is 18.1. The molecule has 25 heavy (non-hydrogen) atoms. The summed E-state index contributed by atoms with van der Waals surface area (Å²) in [6.07, 6.45) is 0. The maximum absolute atomic E-state index is 12.3. The van der Waals surface area contributed by atoms with Crippen LogP contribution < -0.4 is 15.0 Å². The van der Waals surface area contributed by atoms with E-state index in [-0.39, 0.29) is 11.9 Å². The van der Waals surface area contributed by atoms with Gasteiger partial charge in [-0.2, -0.15) is 0 Å². The Hall–Kier alpha value is -2.44. The number of nitrogens with zero attached hydrogens (tertiary/aromatic N) is 1. The van der Waals surface area contributed by atoms with Crippen molar-refractivity contribution in [2.24, 2.45) is 0 Å². The van der Waals surface area contributed by atoms with Crippen molar-refractivity contribution >= 4 is 33.1 Å². The number of carbonyl (C=O) groups excluding carboxylic acids is 1. The van der Waals surface area contributed by atoms with Gasteiger partial charge in [0.25, 0.3) is 5.91 Å². The quantitative estimate of drug-likeness (QED) is 0.714. The number of carbonyl (C=O) groups is 1. The van der Waals surface area contributed by atoms with Crippen LogP contribution in [0, 0.1) is 0 Å². The van der Waals surface area contributed by atoms with Crippen molar-refractivity contribution in [1.82, 2.24) is 4.98 Å². The van der Waals surface area contributed by atoms with E-state index < -0.39 is 0 Å². The van der Waals surface area contributed by atoms with E-state index in [9.17, 15) is 4.79 Å². The monoisotopic (exact) mass is 356 g/mol. The highest BCUT2D eigenvalue weighted by Gasteiger charge is 2.22. The normalized spacial score (nSPS) is 13.4. The third-order valence-corrected chi connectivity index (χ3v) is 5.43. The molecule has 0 aliphatic heterocycles. The van der Waals surface area contributed by atoms with Gasteiger partial charge in [0.15, 0.2) is 11.6 Å². The fraction of sp³-hybridized carbons (Fsp3) is 0.263. The second-order valence-electron chi connectivity index (χ2n) is 6.04. The van der Waals surface area contributed by atoms with Crippen LogP contribution in [0.3, 0.4) is 0 Å². The Kier molecular flexibility index (Phi) is 5.31. The number of nitrogens with one attached hydrogen (secondary N) is 2. The summed E-state index contributed by atoms with van der Waals surface area (Å²) in [6, 6.07) is 15.6. The minimum atomic E-state index is -0.0290. The zero-order valence-electron chi connectivity index (χ0n) is 14.6. The van der Waals surface area contributed by atoms with Crippen molar-refractivity contribution in [3.63, 3.8) is 0 Å². The van der Waals surface area contributed by atoms with Gasteiger partial charge in [0, 0.05) is 11.8 Å². The second kappa shape index (κ2) is 7.63. The van der Waals surface area contributed by atoms with Crippen LogP contribution in [0.25, 0.3) is 10.2 Å². The molecule has 0 saturated heterocycles. The number of fused-ring (bicyclic) bond motifs is 1. The standard InChI is InChI=1S/C19H21N3O2S/c1-13(19-21-16-9-4-5-10-17(16)25-19)22(2)12-18(23)20-14-7-6-8-15(11-14)24-3/h4-11,13H,12H2,1-3H3,(H,20,23)/p+1/t13-/m0/s1. The lowest BCUT2D eigenvalue weighted by Gasteiger charge is -2.19. The largest absolute Gasteiger partial charge is 0.497 e. The first-order valence-electron chi connectivity index (χ1n) is 8.18. The summed E-state index contributed by atoms with van der Waals surface area (Å²) in [5.74, 6) is 0.694. The van der Waals surface area contributed by atoms with Gasteiger partial charge in [-0.3, -0.25) is 4.79 Å². The Morgan fingerprint density at radius 2 is 2.08 bits per heavy atom. The molecule has 130 valence electrons. The molecule has 0 radical (unpaired) electrons. The molecule has 2 N–H and O–H groups in total. The van der Waals surface area contributed by atoms with Crippen LogP contribution >= 0.6 is 11.3 Å². The fourth-order valence-electron chi connectivity index (χ4n) is 2.60. The summed E-state index contributed by atoms with van der Waals surface area (Å²) in [5.41, 5.74) is 1.76. The molecule has 6 heteroatoms. The molecule has 1 aromatic heterocycles. The highest BCUT2D eigenvalue weighted by Crippen LogP contribution is 2.24. The Bertz CT molecular complexity index is 845. The van der Waals surface area contributed by atoms with Gasteiger partial charge in [-0.25, -0.2) is 4.98 Å². The molecule has 0 aliphatic carbocycles. The summed E-state index contributed by atoms with van der Waals surface area (Å²) in [6.45, 7) is 2.47. The molecule has 3 aromatic rings. The average molecular weight is 356 g/mol. The summed E-state index contributed by atoms with van der Waals surface area (Å²) >= 11 is 1.69. The zero-order valence-corrected chi connectivity index (χ0v) is 15.4. The fourth-order valence-corrected chi connectivity index (χ4v) is 3.71. The van der Waals surface area contributed by atoms with Gasteiger partial charge >= 0.3 is 0 Å². The van der Waals surface area contributed by atoms with Crippen LogP contribution in [0.5, 0.6) is 5.75 Å². The average Bonchev–Trinajstić information content (AvgIpc) is 3.05. The predicted molar refractivity (Wildman–Crippen MR) is 101 cm³/mol. The number of anilines is 1. The minimum absolute atomic E-state index is 0.0290. The molecule has 0 aliphatic rings. The molecule has 1 heterocycles. The maximum atomic E-state index is 12.3. The van der Waals surface area contributed by atoms with Gasteiger partial charge in [0.1, 0.15) is 11.8 Å². The van der Waals surface area contributed by atoms with Crippen LogP contribution in [0.1, 0.15) is 18.0 Å². The first-order chi connectivity index (χ1) is 12.1. The van der Waals surface area contributed by atoms with Crippen molar-refractivity contribution in [3.8, 4) is 5.75 Å². The molecule has 0 fully saturated rings. The molecule has 5 nitrogen and oxygen atoms in total. The molecule has 0 spiro atoms. The number of hydrogen-bond donors (Lipinski definition) is 2. The maximum Gasteiger partial charge on any atom is 0.279 e. The number of aromatic nitrogens is 1. The summed E-state index contributed by atoms with van der Waals surface area (Å²) in [5, 5.41) is 3.97. The van der Waals surface area contributed by atoms with Crippen molar-refractivity contribution in [1.29, 1.82) is 0 Å². The lowest BCUT2D eigenvalue weighted by molar-refractivity contribution is -0.902. The van der Waals surface area contributed by atoms with Gasteiger partial charge in [0.05, 0.1) is 24.4 Å². The minimum Gasteiger partial charge on any atom is -0.497 e. The van der Waals surface area contributed by atoms with Crippen LogP contribution in [0.15, 0.2) is 48.5 Å². The molecule has 1 unspecified atom stereocenters. The number of likely N-dealkylation sites (N-methyl/N-ethyl adjacent to an activating group) is 1. The van der Waals surface area contributed by atoms with Crippen molar-refractivity contribution in [2.75, 3.05) is 26.0 Å². The van der Waals surface area contributed by atoms with E-state index in [2.05, 4.69) is 18.3 Å². The Balaban J connectivity index is 1.63. The number of benzene rings is 2. The number of quaternary nitrogens is 1. The molecule has 0 saturated carbocycles. The lowest BCUT2D eigenvalue weighted by atomic mass is 10.3. The number of rotatable bonds is 6. The summed E-state index contributed by atoms with van der Waals surface area (Å²) in [7, 11) is 3.63.